The van der Waals surface area contributed by atoms with Gasteiger partial charge in [0.2, 0.25) is 5.91 Å². The lowest BCUT2D eigenvalue weighted by Crippen LogP contribution is -2.43. The van der Waals surface area contributed by atoms with E-state index in [2.05, 4.69) is 5.32 Å². The number of carbonyl (C=O) groups excluding carboxylic acids is 2. The summed E-state index contributed by atoms with van der Waals surface area (Å²) < 4.78 is 13.0. The third kappa shape index (κ3) is 4.29. The van der Waals surface area contributed by atoms with Gasteiger partial charge in [0.15, 0.2) is 0 Å². The molecule has 1 heterocycles. The Kier molecular flexibility index (Phi) is 5.56. The van der Waals surface area contributed by atoms with Gasteiger partial charge in [-0.15, -0.1) is 0 Å². The fourth-order valence-corrected chi connectivity index (χ4v) is 3.86. The molecule has 0 radical (unpaired) electrons. The lowest BCUT2D eigenvalue weighted by atomic mass is 9.94. The number of carbonyl (C=O) groups is 2. The number of amides is 2. The van der Waals surface area contributed by atoms with Gasteiger partial charge in [0.05, 0.1) is 0 Å². The SMILES string of the molecule is O=C(NCc1ccc(F)cc1)C1CCN(C(=O)c2cccc3ccccc23)CC1. The van der Waals surface area contributed by atoms with E-state index < -0.39 is 0 Å². The predicted octanol–water partition coefficient (Wildman–Crippen LogP) is 4.15. The topological polar surface area (TPSA) is 49.4 Å². The Morgan fingerprint density at radius 2 is 1.62 bits per heavy atom. The van der Waals surface area contributed by atoms with Gasteiger partial charge in [0, 0.05) is 31.1 Å². The van der Waals surface area contributed by atoms with Crippen LogP contribution in [0, 0.1) is 11.7 Å². The largest absolute Gasteiger partial charge is 0.352 e. The molecular formula is C24H23FN2O2. The molecule has 3 aromatic rings. The minimum absolute atomic E-state index is 0.00779. The van der Waals surface area contributed by atoms with Crippen LogP contribution in [-0.2, 0) is 11.3 Å². The quantitative estimate of drug-likeness (QED) is 0.728. The average Bonchev–Trinajstić information content (AvgIpc) is 2.78. The summed E-state index contributed by atoms with van der Waals surface area (Å²) in [5.41, 5.74) is 1.57. The standard InChI is InChI=1S/C24H23FN2O2/c25-20-10-8-17(9-11-20)16-26-23(28)19-12-14-27(15-13-19)24(29)22-7-3-5-18-4-1-2-6-21(18)22/h1-11,19H,12-16H2,(H,26,28). The predicted molar refractivity (Wildman–Crippen MR) is 111 cm³/mol. The minimum atomic E-state index is -0.289. The third-order valence-electron chi connectivity index (χ3n) is 5.55. The van der Waals surface area contributed by atoms with E-state index in [0.717, 1.165) is 16.3 Å². The van der Waals surface area contributed by atoms with Crippen LogP contribution in [0.3, 0.4) is 0 Å². The zero-order chi connectivity index (χ0) is 20.2. The average molecular weight is 390 g/mol. The number of piperidine rings is 1. The summed E-state index contributed by atoms with van der Waals surface area (Å²) in [6.45, 7) is 1.52. The van der Waals surface area contributed by atoms with Crippen molar-refractivity contribution < 1.29 is 14.0 Å². The molecule has 148 valence electrons. The van der Waals surface area contributed by atoms with Crippen molar-refractivity contribution in [2.75, 3.05) is 13.1 Å². The highest BCUT2D eigenvalue weighted by atomic mass is 19.1. The van der Waals surface area contributed by atoms with Crippen LogP contribution in [0.2, 0.25) is 0 Å². The van der Waals surface area contributed by atoms with E-state index in [-0.39, 0.29) is 23.5 Å². The summed E-state index contributed by atoms with van der Waals surface area (Å²) in [6.07, 6.45) is 1.29. The van der Waals surface area contributed by atoms with Crippen molar-refractivity contribution in [3.63, 3.8) is 0 Å². The van der Waals surface area contributed by atoms with Gasteiger partial charge in [-0.3, -0.25) is 9.59 Å². The van der Waals surface area contributed by atoms with Gasteiger partial charge in [-0.2, -0.15) is 0 Å². The number of nitrogens with zero attached hydrogens (tertiary/aromatic N) is 1. The van der Waals surface area contributed by atoms with Crippen LogP contribution in [0.15, 0.2) is 66.7 Å². The number of hydrogen-bond acceptors (Lipinski definition) is 2. The Labute approximate surface area is 169 Å². The van der Waals surface area contributed by atoms with E-state index in [0.29, 0.717) is 38.0 Å². The van der Waals surface area contributed by atoms with Gasteiger partial charge < -0.3 is 10.2 Å². The maximum absolute atomic E-state index is 13.0. The molecule has 0 unspecified atom stereocenters. The summed E-state index contributed by atoms with van der Waals surface area (Å²) in [5.74, 6) is -0.381. The van der Waals surface area contributed by atoms with Gasteiger partial charge in [-0.25, -0.2) is 4.39 Å². The molecule has 4 nitrogen and oxygen atoms in total. The van der Waals surface area contributed by atoms with Gasteiger partial charge in [0.25, 0.3) is 5.91 Å². The van der Waals surface area contributed by atoms with Crippen LogP contribution in [0.4, 0.5) is 4.39 Å². The number of nitrogens with one attached hydrogen (secondary N) is 1. The molecule has 0 saturated carbocycles. The highest BCUT2D eigenvalue weighted by Gasteiger charge is 2.28. The number of fused-ring (bicyclic) bond motifs is 1. The van der Waals surface area contributed by atoms with Crippen molar-refractivity contribution in [3.8, 4) is 0 Å². The van der Waals surface area contributed by atoms with Crippen molar-refractivity contribution >= 4 is 22.6 Å². The first-order chi connectivity index (χ1) is 14.1. The summed E-state index contributed by atoms with van der Waals surface area (Å²) in [7, 11) is 0. The molecule has 3 aromatic carbocycles. The Morgan fingerprint density at radius 3 is 2.38 bits per heavy atom. The van der Waals surface area contributed by atoms with Crippen molar-refractivity contribution in [3.05, 3.63) is 83.7 Å². The fourth-order valence-electron chi connectivity index (χ4n) is 3.86. The first kappa shape index (κ1) is 19.1. The zero-order valence-corrected chi connectivity index (χ0v) is 16.1. The molecule has 0 atom stereocenters. The molecule has 4 rings (SSSR count). The van der Waals surface area contributed by atoms with E-state index in [1.54, 1.807) is 12.1 Å². The molecule has 1 fully saturated rings. The Balaban J connectivity index is 1.34. The highest BCUT2D eigenvalue weighted by Crippen LogP contribution is 2.23. The van der Waals surface area contributed by atoms with Gasteiger partial charge in [-0.1, -0.05) is 48.5 Å². The summed E-state index contributed by atoms with van der Waals surface area (Å²) in [6, 6.07) is 19.8. The van der Waals surface area contributed by atoms with E-state index in [1.807, 2.05) is 47.4 Å². The number of likely N-dealkylation sites (tertiary alicyclic amines) is 1. The fraction of sp³-hybridized carbons (Fsp3) is 0.250. The first-order valence-electron chi connectivity index (χ1n) is 9.91. The van der Waals surface area contributed by atoms with Crippen LogP contribution < -0.4 is 5.32 Å². The monoisotopic (exact) mass is 390 g/mol. The lowest BCUT2D eigenvalue weighted by molar-refractivity contribution is -0.126. The van der Waals surface area contributed by atoms with Crippen LogP contribution in [-0.4, -0.2) is 29.8 Å². The second-order valence-corrected chi connectivity index (χ2v) is 7.44. The minimum Gasteiger partial charge on any atom is -0.352 e. The summed E-state index contributed by atoms with van der Waals surface area (Å²) in [4.78, 5) is 27.3. The smallest absolute Gasteiger partial charge is 0.254 e. The highest BCUT2D eigenvalue weighted by molar-refractivity contribution is 6.07. The number of halogens is 1. The van der Waals surface area contributed by atoms with E-state index in [1.165, 1.54) is 12.1 Å². The molecule has 29 heavy (non-hydrogen) atoms. The van der Waals surface area contributed by atoms with Crippen molar-refractivity contribution in [2.45, 2.75) is 19.4 Å². The molecule has 0 aliphatic carbocycles. The molecule has 1 aliphatic heterocycles. The molecule has 1 N–H and O–H groups in total. The van der Waals surface area contributed by atoms with E-state index >= 15 is 0 Å². The molecule has 1 aliphatic rings. The van der Waals surface area contributed by atoms with Gasteiger partial charge >= 0.3 is 0 Å². The molecule has 0 bridgehead atoms. The summed E-state index contributed by atoms with van der Waals surface area (Å²) >= 11 is 0. The Bertz CT molecular complexity index is 1020. The van der Waals surface area contributed by atoms with Crippen LogP contribution in [0.25, 0.3) is 10.8 Å². The Morgan fingerprint density at radius 1 is 0.931 bits per heavy atom. The van der Waals surface area contributed by atoms with Crippen molar-refractivity contribution in [1.29, 1.82) is 0 Å². The third-order valence-corrected chi connectivity index (χ3v) is 5.55. The lowest BCUT2D eigenvalue weighted by Gasteiger charge is -2.31. The molecule has 5 heteroatoms. The van der Waals surface area contributed by atoms with E-state index in [9.17, 15) is 14.0 Å². The van der Waals surface area contributed by atoms with Gasteiger partial charge in [-0.05, 0) is 47.4 Å². The summed E-state index contributed by atoms with van der Waals surface area (Å²) in [5, 5.41) is 4.93. The van der Waals surface area contributed by atoms with Crippen LogP contribution in [0.5, 0.6) is 0 Å². The molecule has 1 saturated heterocycles. The second kappa shape index (κ2) is 8.43. The molecule has 0 spiro atoms. The normalized spacial score (nSPS) is 14.7. The number of benzene rings is 3. The molecular weight excluding hydrogens is 367 g/mol. The molecule has 0 aromatic heterocycles. The van der Waals surface area contributed by atoms with Crippen LogP contribution >= 0.6 is 0 Å². The maximum atomic E-state index is 13.0. The van der Waals surface area contributed by atoms with Gasteiger partial charge in [0.1, 0.15) is 5.82 Å². The Hall–Kier alpha value is -3.21. The van der Waals surface area contributed by atoms with Crippen LogP contribution in [0.1, 0.15) is 28.8 Å². The number of hydrogen-bond donors (Lipinski definition) is 1. The van der Waals surface area contributed by atoms with E-state index in [4.69, 9.17) is 0 Å². The van der Waals surface area contributed by atoms with Crippen molar-refractivity contribution in [1.82, 2.24) is 10.2 Å². The van der Waals surface area contributed by atoms with Crippen molar-refractivity contribution in [2.24, 2.45) is 5.92 Å². The number of rotatable bonds is 4. The first-order valence-corrected chi connectivity index (χ1v) is 9.91. The second-order valence-electron chi connectivity index (χ2n) is 7.44. The maximum Gasteiger partial charge on any atom is 0.254 e. The molecule has 2 amide bonds. The zero-order valence-electron chi connectivity index (χ0n) is 16.1.